The highest BCUT2D eigenvalue weighted by molar-refractivity contribution is 7.99. The number of carbonyl (C=O) groups excluding carboxylic acids is 17. The van der Waals surface area contributed by atoms with E-state index in [1.807, 2.05) is 42.5 Å². The molecule has 46 heteroatoms. The number of alkyl carbamates (subject to hydrolysis) is 1. The average molecular weight is 1950 g/mol. The van der Waals surface area contributed by atoms with Crippen molar-refractivity contribution >= 4 is 141 Å². The standard InChI is InChI=1S/C93H131N25O20S/c1-52(2)48-70-86(130)107-65(34-39-94)81(125)106-68(37-42-97)85(129)115-77(54(5)119)88(132)101-45-38-69(84(128)105-66(35-40-95)83(127)112-71(87(131)111-70)49-56-18-10-9-11-19-56)108-82(126)67(36-41-96)110-90(134)78(55(6)120)114-75(122)25-16-24-74(121)113-76(53(3)4)89(133)109-64(22-17-44-102-91(98)135)80(124)104-59-28-26-57(27-29-59)51-138-92(136)103-46-47-117(8)93(137)118-72-50-60(139-73-23-13-12-21-62(73)79(123)99-7)31-32-61(72)63(116-118)33-30-58-20-14-15-43-100-58/h9-15,18-21,23,26-33,43,50,52-55,64-71,76-78,119-120H,16-17,22,24-25,34-42,44-49,51,94-97H2,1-8H3,(H,99,123)(H,101,132)(H,103,136)(H,104,124)(H,105,128)(H,106,125)(H,107,130)(H,108,126)(H,109,133)(H,110,134)(H,111,131)(H,112,127)(H,113,121)(H,114,122)(H,115,129)(H3,98,102,135)/b33-30+/t54-,55-,64+,65+,66+,67+,68+,69+,70+,71-,76+,77+,78+/m1/s1. The summed E-state index contributed by atoms with van der Waals surface area (Å²) in [7, 11) is 3.10. The number of amides is 18. The number of carbonyl (C=O) groups is 17. The zero-order chi connectivity index (χ0) is 102. The molecule has 1 aliphatic rings. The largest absolute Gasteiger partial charge is 0.445 e. The lowest BCUT2D eigenvalue weighted by molar-refractivity contribution is -0.136. The van der Waals surface area contributed by atoms with E-state index in [-0.39, 0.29) is 134 Å². The van der Waals surface area contributed by atoms with Crippen LogP contribution in [0.5, 0.6) is 0 Å². The second kappa shape index (κ2) is 57.2. The predicted molar refractivity (Wildman–Crippen MR) is 516 cm³/mol. The minimum absolute atomic E-state index is 0.00672. The Balaban J connectivity index is 0.958. The van der Waals surface area contributed by atoms with Crippen molar-refractivity contribution in [2.75, 3.05) is 71.8 Å². The van der Waals surface area contributed by atoms with Crippen molar-refractivity contribution < 1.29 is 96.5 Å². The number of aliphatic hydroxyl groups excluding tert-OH is 2. The number of benzene rings is 4. The van der Waals surface area contributed by atoms with E-state index in [1.54, 1.807) is 121 Å². The van der Waals surface area contributed by atoms with Crippen LogP contribution in [0.4, 0.5) is 20.1 Å². The van der Waals surface area contributed by atoms with Gasteiger partial charge in [0.15, 0.2) is 0 Å². The van der Waals surface area contributed by atoms with Gasteiger partial charge in [-0.1, -0.05) is 100 Å². The number of fused-ring (bicyclic) bond motifs is 1. The number of urea groups is 1. The van der Waals surface area contributed by atoms with Crippen LogP contribution in [0.3, 0.4) is 0 Å². The number of aromatic nitrogens is 3. The van der Waals surface area contributed by atoms with Gasteiger partial charge in [0.25, 0.3) is 5.91 Å². The number of hydrogen-bond acceptors (Lipinski definition) is 27. The summed E-state index contributed by atoms with van der Waals surface area (Å²) in [6, 6.07) is 14.7. The van der Waals surface area contributed by atoms with Crippen molar-refractivity contribution in [3.05, 3.63) is 150 Å². The number of ether oxygens (including phenoxy) is 1. The molecule has 139 heavy (non-hydrogen) atoms. The van der Waals surface area contributed by atoms with E-state index >= 15 is 0 Å². The summed E-state index contributed by atoms with van der Waals surface area (Å²) in [4.78, 5) is 243. The molecule has 7 rings (SSSR count). The molecular weight excluding hydrogens is 1820 g/mol. The molecule has 2 aromatic heterocycles. The van der Waals surface area contributed by atoms with Gasteiger partial charge < -0.3 is 134 Å². The molecule has 1 saturated heterocycles. The highest BCUT2D eigenvalue weighted by Crippen LogP contribution is 2.34. The van der Waals surface area contributed by atoms with Gasteiger partial charge >= 0.3 is 18.2 Å². The molecule has 18 amide bonds. The van der Waals surface area contributed by atoms with Crippen LogP contribution >= 0.6 is 11.8 Å². The van der Waals surface area contributed by atoms with Gasteiger partial charge in [-0.3, -0.25) is 72.1 Å². The van der Waals surface area contributed by atoms with E-state index in [0.717, 1.165) is 11.8 Å². The van der Waals surface area contributed by atoms with Gasteiger partial charge in [0.1, 0.15) is 73.1 Å². The van der Waals surface area contributed by atoms with Crippen LogP contribution in [0.1, 0.15) is 145 Å². The van der Waals surface area contributed by atoms with Crippen LogP contribution in [0, 0.1) is 11.8 Å². The summed E-state index contributed by atoms with van der Waals surface area (Å²) in [5.74, 6) is -13.1. The SMILES string of the molecule is CNC(=O)c1ccccc1Sc1ccc2c(/C=C/c3ccccn3)nn(C(=O)N(C)CCNC(=O)OCc3ccc(NC(=O)[C@H](CCCNC(N)=O)NC(=O)[C@@H](NC(=O)CCCC(=O)N[C@H](C(=O)N[C@@H](CCN)C(=O)N[C@H]4CCNC(=O)[C@H]([C@@H](C)O)NC(=O)[C@H](CCN)NC(=O)[C@H](CCN)NC(=O)[C@H](CC(C)C)NC(=O)[C@@H](Cc5ccccc5)NC(=O)[C@H](CCN)NC4=O)[C@@H](C)O)C(C)C)cc3)c2c1. The molecule has 0 bridgehead atoms. The Labute approximate surface area is 808 Å². The first-order chi connectivity index (χ1) is 66.3. The molecule has 0 saturated carbocycles. The molecule has 13 atom stereocenters. The van der Waals surface area contributed by atoms with Crippen LogP contribution in [0.15, 0.2) is 131 Å². The number of nitrogens with zero attached hydrogens (tertiary/aromatic N) is 4. The van der Waals surface area contributed by atoms with Crippen LogP contribution < -0.4 is 114 Å². The fourth-order valence-corrected chi connectivity index (χ4v) is 15.4. The Bertz CT molecular complexity index is 5230. The minimum atomic E-state index is -1.79. The molecule has 754 valence electrons. The lowest BCUT2D eigenvalue weighted by Crippen LogP contribution is -2.61. The van der Waals surface area contributed by atoms with Gasteiger partial charge in [0.2, 0.25) is 76.8 Å². The van der Waals surface area contributed by atoms with Gasteiger partial charge in [0.05, 0.1) is 34.7 Å². The second-order valence-corrected chi connectivity index (χ2v) is 35.0. The number of nitrogens with two attached hydrogens (primary N) is 5. The highest BCUT2D eigenvalue weighted by atomic mass is 32.2. The summed E-state index contributed by atoms with van der Waals surface area (Å²) in [5.41, 5.74) is 32.5. The van der Waals surface area contributed by atoms with Crippen molar-refractivity contribution in [1.82, 2.24) is 99.4 Å². The quantitative estimate of drug-likeness (QED) is 0.0193. The van der Waals surface area contributed by atoms with Gasteiger partial charge in [-0.2, -0.15) is 9.78 Å². The summed E-state index contributed by atoms with van der Waals surface area (Å²) in [6.45, 7) is 7.52. The Morgan fingerprint density at radius 2 is 1.17 bits per heavy atom. The molecule has 0 unspecified atom stereocenters. The smallest absolute Gasteiger partial charge is 0.407 e. The van der Waals surface area contributed by atoms with E-state index in [2.05, 4.69) is 90.1 Å². The number of pyridine rings is 1. The third kappa shape index (κ3) is 36.4. The molecule has 4 aromatic carbocycles. The number of primary amides is 1. The van der Waals surface area contributed by atoms with Crippen molar-refractivity contribution in [1.29, 1.82) is 0 Å². The average Bonchev–Trinajstić information content (AvgIpc) is 1.63. The summed E-state index contributed by atoms with van der Waals surface area (Å²) >= 11 is 1.34. The number of nitrogens with one attached hydrogen (secondary N) is 16. The molecule has 0 radical (unpaired) electrons. The maximum Gasteiger partial charge on any atom is 0.407 e. The first-order valence-electron chi connectivity index (χ1n) is 45.9. The highest BCUT2D eigenvalue weighted by Gasteiger charge is 2.39. The fraction of sp³-hybridized carbons (Fsp3) is 0.473. The number of anilines is 1. The minimum Gasteiger partial charge on any atom is -0.445 e. The lowest BCUT2D eigenvalue weighted by atomic mass is 10.00. The van der Waals surface area contributed by atoms with Crippen LogP contribution in [-0.4, -0.2) is 276 Å². The normalized spacial score (nSPS) is 18.3. The third-order valence-electron chi connectivity index (χ3n) is 22.0. The molecule has 6 aromatic rings. The topological polar surface area (TPSA) is 696 Å². The lowest BCUT2D eigenvalue weighted by Gasteiger charge is -2.28. The van der Waals surface area contributed by atoms with Crippen molar-refractivity contribution in [2.45, 2.75) is 214 Å². The van der Waals surface area contributed by atoms with E-state index in [4.69, 9.17) is 38.5 Å². The molecule has 45 nitrogen and oxygen atoms in total. The van der Waals surface area contributed by atoms with Crippen LogP contribution in [0.25, 0.3) is 23.1 Å². The fourth-order valence-electron chi connectivity index (χ4n) is 14.5. The Morgan fingerprint density at radius 1 is 0.590 bits per heavy atom. The molecule has 1 aliphatic heterocycles. The summed E-state index contributed by atoms with van der Waals surface area (Å²) < 4.78 is 6.74. The van der Waals surface area contributed by atoms with Crippen LogP contribution in [-0.2, 0) is 80.1 Å². The number of hydrogen-bond donors (Lipinski definition) is 23. The summed E-state index contributed by atoms with van der Waals surface area (Å²) in [5, 5.41) is 68.4. The first kappa shape index (κ1) is 112. The molecular formula is C93H131N25O20S. The number of rotatable bonds is 43. The van der Waals surface area contributed by atoms with Gasteiger partial charge in [-0.05, 0) is 188 Å². The Hall–Kier alpha value is -14.1. The molecule has 28 N–H and O–H groups in total. The van der Waals surface area contributed by atoms with Gasteiger partial charge in [-0.15, -0.1) is 0 Å². The molecule has 3 heterocycles. The first-order valence-corrected chi connectivity index (χ1v) is 46.7. The van der Waals surface area contributed by atoms with Gasteiger partial charge in [0, 0.05) is 86.6 Å². The van der Waals surface area contributed by atoms with Gasteiger partial charge in [-0.25, -0.2) is 14.4 Å². The second-order valence-electron chi connectivity index (χ2n) is 33.9. The zero-order valence-corrected chi connectivity index (χ0v) is 79.9. The van der Waals surface area contributed by atoms with Crippen LogP contribution in [0.2, 0.25) is 0 Å². The van der Waals surface area contributed by atoms with E-state index in [0.29, 0.717) is 43.9 Å². The number of likely N-dealkylation sites (N-methyl/N-ethyl adjacent to an activating group) is 1. The zero-order valence-electron chi connectivity index (χ0n) is 79.0. The molecule has 1 fully saturated rings. The van der Waals surface area contributed by atoms with E-state index in [1.165, 1.54) is 40.4 Å². The number of aliphatic hydroxyl groups is 2. The van der Waals surface area contributed by atoms with Crippen molar-refractivity contribution in [3.63, 3.8) is 0 Å². The third-order valence-corrected chi connectivity index (χ3v) is 23.0. The Kier molecular flexibility index (Phi) is 46.1. The Morgan fingerprint density at radius 3 is 1.76 bits per heavy atom. The van der Waals surface area contributed by atoms with Crippen molar-refractivity contribution in [3.8, 4) is 0 Å². The summed E-state index contributed by atoms with van der Waals surface area (Å²) in [6.07, 6.45) is -1.52. The van der Waals surface area contributed by atoms with Crippen molar-refractivity contribution in [2.24, 2.45) is 40.5 Å². The molecule has 0 spiro atoms. The van der Waals surface area contributed by atoms with E-state index < -0.39 is 199 Å². The predicted octanol–water partition coefficient (Wildman–Crippen LogP) is -1.55. The maximum absolute atomic E-state index is 14.7. The van der Waals surface area contributed by atoms with E-state index in [9.17, 15) is 91.7 Å². The monoisotopic (exact) mass is 1950 g/mol. The molecule has 0 aliphatic carbocycles. The maximum atomic E-state index is 14.7.